The maximum atomic E-state index is 9.81. The molecule has 0 aliphatic rings. The van der Waals surface area contributed by atoms with Crippen LogP contribution in [0, 0.1) is 39.0 Å². The fourth-order valence-corrected chi connectivity index (χ4v) is 6.73. The van der Waals surface area contributed by atoms with Crippen LogP contribution < -0.4 is 0 Å². The van der Waals surface area contributed by atoms with Crippen molar-refractivity contribution in [3.8, 4) is 28.7 Å². The summed E-state index contributed by atoms with van der Waals surface area (Å²) in [6.45, 7) is 8.56. The molecule has 5 aromatic carbocycles. The fraction of sp³-hybridized carbons (Fsp3) is 0.100. The first kappa shape index (κ1) is 26.0. The van der Waals surface area contributed by atoms with Crippen LogP contribution >= 0.6 is 0 Å². The minimum atomic E-state index is 0.628. The average Bonchev–Trinajstić information content (AvgIpc) is 3.52. The minimum absolute atomic E-state index is 0.628. The first-order valence-electron chi connectivity index (χ1n) is 14.9. The lowest BCUT2D eigenvalue weighted by atomic mass is 10.0. The van der Waals surface area contributed by atoms with Gasteiger partial charge in [-0.05, 0) is 100.0 Å². The van der Waals surface area contributed by atoms with E-state index in [2.05, 4.69) is 128 Å². The van der Waals surface area contributed by atoms with Crippen molar-refractivity contribution in [3.63, 3.8) is 0 Å². The molecule has 0 amide bonds. The summed E-state index contributed by atoms with van der Waals surface area (Å²) >= 11 is 0. The number of benzene rings is 5. The van der Waals surface area contributed by atoms with Crippen LogP contribution in [0.3, 0.4) is 0 Å². The van der Waals surface area contributed by atoms with Crippen LogP contribution in [0.15, 0.2) is 109 Å². The number of aromatic nitrogens is 3. The molecule has 0 N–H and O–H groups in total. The number of aryl methyl sites for hydroxylation is 4. The van der Waals surface area contributed by atoms with Gasteiger partial charge in [-0.15, -0.1) is 0 Å². The summed E-state index contributed by atoms with van der Waals surface area (Å²) in [5.41, 5.74) is 13.0. The van der Waals surface area contributed by atoms with Crippen molar-refractivity contribution < 1.29 is 0 Å². The maximum Gasteiger partial charge on any atom is 0.138 e. The second-order valence-electron chi connectivity index (χ2n) is 12.0. The van der Waals surface area contributed by atoms with E-state index in [1.807, 2.05) is 24.4 Å². The number of hydrogen-bond acceptors (Lipinski definition) is 2. The highest BCUT2D eigenvalue weighted by atomic mass is 15.1. The molecule has 44 heavy (non-hydrogen) atoms. The van der Waals surface area contributed by atoms with Crippen LogP contribution in [0.1, 0.15) is 27.8 Å². The molecular weight excluding hydrogens is 536 g/mol. The largest absolute Gasteiger partial charge is 0.307 e. The van der Waals surface area contributed by atoms with Gasteiger partial charge in [0.1, 0.15) is 5.82 Å². The monoisotopic (exact) mass is 566 g/mol. The van der Waals surface area contributed by atoms with E-state index in [1.54, 1.807) is 0 Å². The number of hydrogen-bond donors (Lipinski definition) is 0. The summed E-state index contributed by atoms with van der Waals surface area (Å²) in [5.74, 6) is 0.839. The van der Waals surface area contributed by atoms with Crippen LogP contribution in [-0.4, -0.2) is 14.1 Å². The van der Waals surface area contributed by atoms with Crippen molar-refractivity contribution in [2.45, 2.75) is 27.7 Å². The molecule has 0 spiro atoms. The molecule has 0 unspecified atom stereocenters. The van der Waals surface area contributed by atoms with Crippen molar-refractivity contribution in [3.05, 3.63) is 137 Å². The number of nitrogens with zero attached hydrogens (tertiary/aromatic N) is 4. The van der Waals surface area contributed by atoms with Crippen molar-refractivity contribution >= 4 is 43.6 Å². The van der Waals surface area contributed by atoms with Gasteiger partial charge in [0.05, 0.1) is 45.6 Å². The van der Waals surface area contributed by atoms with Gasteiger partial charge in [0.2, 0.25) is 0 Å². The van der Waals surface area contributed by atoms with E-state index in [0.717, 1.165) is 44.7 Å². The lowest BCUT2D eigenvalue weighted by molar-refractivity contribution is 1.05. The summed E-state index contributed by atoms with van der Waals surface area (Å²) in [7, 11) is 0. The Morgan fingerprint density at radius 3 is 1.50 bits per heavy atom. The molecule has 8 aromatic rings. The number of rotatable bonds is 3. The number of nitriles is 1. The van der Waals surface area contributed by atoms with Gasteiger partial charge in [0, 0.05) is 27.1 Å². The van der Waals surface area contributed by atoms with Crippen LogP contribution in [0.2, 0.25) is 0 Å². The summed E-state index contributed by atoms with van der Waals surface area (Å²) in [4.78, 5) is 5.18. The van der Waals surface area contributed by atoms with Gasteiger partial charge < -0.3 is 4.57 Å². The van der Waals surface area contributed by atoms with Crippen LogP contribution in [-0.2, 0) is 0 Å². The highest BCUT2D eigenvalue weighted by Gasteiger charge is 2.20. The topological polar surface area (TPSA) is 46.5 Å². The SMILES string of the molecule is Cc1ccc2c(c1)c1cc(C)ccc1n2-c1cc(-c2cccc(C#N)c2)c(-n2c3ccc(C)cc3c3cc(C)ccc32)cn1. The highest BCUT2D eigenvalue weighted by molar-refractivity contribution is 6.11. The van der Waals surface area contributed by atoms with Crippen molar-refractivity contribution in [2.24, 2.45) is 0 Å². The molecule has 0 saturated heterocycles. The zero-order valence-electron chi connectivity index (χ0n) is 25.2. The molecule has 4 heteroatoms. The van der Waals surface area contributed by atoms with Gasteiger partial charge in [0.15, 0.2) is 0 Å². The lowest BCUT2D eigenvalue weighted by Crippen LogP contribution is -2.03. The van der Waals surface area contributed by atoms with Crippen molar-refractivity contribution in [1.29, 1.82) is 5.26 Å². The van der Waals surface area contributed by atoms with Crippen LogP contribution in [0.25, 0.3) is 66.2 Å². The molecule has 210 valence electrons. The smallest absolute Gasteiger partial charge is 0.138 e. The molecule has 0 radical (unpaired) electrons. The molecule has 0 saturated carbocycles. The molecule has 0 aliphatic heterocycles. The van der Waals surface area contributed by atoms with Gasteiger partial charge in [0.25, 0.3) is 0 Å². The Labute approximate surface area is 256 Å². The molecule has 3 heterocycles. The number of pyridine rings is 1. The third-order valence-corrected chi connectivity index (χ3v) is 8.79. The lowest BCUT2D eigenvalue weighted by Gasteiger charge is -2.17. The van der Waals surface area contributed by atoms with Gasteiger partial charge in [-0.3, -0.25) is 4.57 Å². The normalized spacial score (nSPS) is 11.6. The predicted octanol–water partition coefficient (Wildman–Crippen LogP) is 10.0. The first-order chi connectivity index (χ1) is 21.4. The zero-order valence-corrected chi connectivity index (χ0v) is 25.2. The summed E-state index contributed by atoms with van der Waals surface area (Å²) in [5, 5.41) is 14.7. The van der Waals surface area contributed by atoms with Gasteiger partial charge in [-0.25, -0.2) is 4.98 Å². The van der Waals surface area contributed by atoms with E-state index in [9.17, 15) is 5.26 Å². The van der Waals surface area contributed by atoms with E-state index >= 15 is 0 Å². The Bertz CT molecular complexity index is 2380. The van der Waals surface area contributed by atoms with E-state index in [4.69, 9.17) is 4.98 Å². The summed E-state index contributed by atoms with van der Waals surface area (Å²) in [6, 6.07) is 39.0. The Kier molecular flexibility index (Phi) is 5.73. The first-order valence-corrected chi connectivity index (χ1v) is 14.9. The Morgan fingerprint density at radius 2 is 1.02 bits per heavy atom. The highest BCUT2D eigenvalue weighted by Crippen LogP contribution is 2.39. The molecule has 4 nitrogen and oxygen atoms in total. The minimum Gasteiger partial charge on any atom is -0.307 e. The fourth-order valence-electron chi connectivity index (χ4n) is 6.73. The molecular formula is C40H30N4. The third kappa shape index (κ3) is 3.94. The number of fused-ring (bicyclic) bond motifs is 6. The van der Waals surface area contributed by atoms with Crippen LogP contribution in [0.4, 0.5) is 0 Å². The van der Waals surface area contributed by atoms with E-state index < -0.39 is 0 Å². The van der Waals surface area contributed by atoms with E-state index in [1.165, 1.54) is 43.8 Å². The second-order valence-corrected chi connectivity index (χ2v) is 12.0. The van der Waals surface area contributed by atoms with E-state index in [0.29, 0.717) is 5.56 Å². The second kappa shape index (κ2) is 9.69. The van der Waals surface area contributed by atoms with E-state index in [-0.39, 0.29) is 0 Å². The summed E-state index contributed by atoms with van der Waals surface area (Å²) in [6.07, 6.45) is 2.00. The standard InChI is InChI=1S/C40H30N4/c1-24-8-12-35-31(16-24)32-17-25(2)9-13-36(32)43(35)39-23-42-40(21-30(39)29-7-5-6-28(20-29)22-41)44-37-14-10-26(3)18-33(37)34-19-27(4)11-15-38(34)44/h5-21,23H,1-4H3. The Balaban J connectivity index is 1.48. The molecule has 0 aliphatic carbocycles. The zero-order chi connectivity index (χ0) is 30.1. The van der Waals surface area contributed by atoms with Gasteiger partial charge in [-0.2, -0.15) is 5.26 Å². The van der Waals surface area contributed by atoms with Crippen LogP contribution in [0.5, 0.6) is 0 Å². The summed E-state index contributed by atoms with van der Waals surface area (Å²) < 4.78 is 4.59. The molecule has 0 atom stereocenters. The molecule has 0 fully saturated rings. The third-order valence-electron chi connectivity index (χ3n) is 8.79. The van der Waals surface area contributed by atoms with Gasteiger partial charge >= 0.3 is 0 Å². The Morgan fingerprint density at radius 1 is 0.545 bits per heavy atom. The van der Waals surface area contributed by atoms with Crippen molar-refractivity contribution in [1.82, 2.24) is 14.1 Å². The quantitative estimate of drug-likeness (QED) is 0.214. The van der Waals surface area contributed by atoms with Gasteiger partial charge in [-0.1, -0.05) is 58.7 Å². The predicted molar refractivity (Wildman–Crippen MR) is 182 cm³/mol. The molecule has 0 bridgehead atoms. The van der Waals surface area contributed by atoms with Crippen molar-refractivity contribution in [2.75, 3.05) is 0 Å². The molecule has 3 aromatic heterocycles. The average molecular weight is 567 g/mol. The Hall–Kier alpha value is -5.66. The molecule has 8 rings (SSSR count). The maximum absolute atomic E-state index is 9.81.